The number of amides is 2. The van der Waals surface area contributed by atoms with Crippen LogP contribution in [0.1, 0.15) is 36.2 Å². The minimum atomic E-state index is -0.0867. The molecule has 1 aliphatic heterocycles. The molecule has 0 N–H and O–H groups in total. The molecule has 2 aromatic carbocycles. The highest BCUT2D eigenvalue weighted by molar-refractivity contribution is 5.96. The molecule has 188 valence electrons. The lowest BCUT2D eigenvalue weighted by molar-refractivity contribution is -0.132. The molecule has 0 spiro atoms. The second kappa shape index (κ2) is 11.8. The van der Waals surface area contributed by atoms with Gasteiger partial charge < -0.3 is 14.7 Å². The summed E-state index contributed by atoms with van der Waals surface area (Å²) in [5, 5.41) is 8.81. The van der Waals surface area contributed by atoms with E-state index in [2.05, 4.69) is 28.9 Å². The zero-order valence-corrected chi connectivity index (χ0v) is 21.4. The average molecular weight is 486 g/mol. The summed E-state index contributed by atoms with van der Waals surface area (Å²) in [5.41, 5.74) is 3.61. The van der Waals surface area contributed by atoms with E-state index in [9.17, 15) is 9.59 Å². The number of carbonyl (C=O) groups is 2. The molecule has 0 saturated carbocycles. The number of hydrogen-bond acceptors (Lipinski definition) is 5. The molecule has 0 bridgehead atoms. The highest BCUT2D eigenvalue weighted by Crippen LogP contribution is 2.19. The van der Waals surface area contributed by atoms with E-state index >= 15 is 0 Å². The first-order chi connectivity index (χ1) is 17.4. The molecular weight excluding hydrogens is 450 g/mol. The van der Waals surface area contributed by atoms with Crippen LogP contribution in [-0.4, -0.2) is 71.1 Å². The van der Waals surface area contributed by atoms with E-state index in [1.165, 1.54) is 0 Å². The Morgan fingerprint density at radius 1 is 0.889 bits per heavy atom. The summed E-state index contributed by atoms with van der Waals surface area (Å²) >= 11 is 0. The Hall–Kier alpha value is -3.74. The molecule has 2 amide bonds. The van der Waals surface area contributed by atoms with Crippen LogP contribution in [0.5, 0.6) is 0 Å². The Kier molecular flexibility index (Phi) is 8.31. The van der Waals surface area contributed by atoms with Crippen molar-refractivity contribution in [3.05, 3.63) is 77.9 Å². The van der Waals surface area contributed by atoms with Crippen LogP contribution < -0.4 is 4.90 Å². The quantitative estimate of drug-likeness (QED) is 0.476. The van der Waals surface area contributed by atoms with E-state index < -0.39 is 0 Å². The molecule has 0 unspecified atom stereocenters. The van der Waals surface area contributed by atoms with Crippen LogP contribution in [0, 0.1) is 12.8 Å². The van der Waals surface area contributed by atoms with Crippen LogP contribution >= 0.6 is 0 Å². The number of nitrogens with zero attached hydrogens (tertiary/aromatic N) is 5. The molecule has 3 aromatic rings. The zero-order valence-electron chi connectivity index (χ0n) is 21.4. The van der Waals surface area contributed by atoms with E-state index in [0.29, 0.717) is 44.2 Å². The van der Waals surface area contributed by atoms with Crippen LogP contribution in [0.25, 0.3) is 11.3 Å². The van der Waals surface area contributed by atoms with Crippen molar-refractivity contribution in [3.8, 4) is 11.3 Å². The van der Waals surface area contributed by atoms with Gasteiger partial charge in [0.25, 0.3) is 5.91 Å². The largest absolute Gasteiger partial charge is 0.352 e. The first kappa shape index (κ1) is 25.4. The maximum atomic E-state index is 13.2. The predicted octanol–water partition coefficient (Wildman–Crippen LogP) is 4.29. The standard InChI is InChI=1S/C29H35N5O2/c1-22(2)15-16-34(29(36)25-11-9-23(3)10-12-25)21-28(35)33-19-17-32(18-20-33)27-14-13-26(30-31-27)24-7-5-4-6-8-24/h4-14,22H,15-21H2,1-3H3. The fraction of sp³-hybridized carbons (Fsp3) is 0.379. The van der Waals surface area contributed by atoms with Crippen molar-refractivity contribution >= 4 is 17.6 Å². The summed E-state index contributed by atoms with van der Waals surface area (Å²) in [5.74, 6) is 1.17. The molecule has 4 rings (SSSR count). The maximum Gasteiger partial charge on any atom is 0.254 e. The summed E-state index contributed by atoms with van der Waals surface area (Å²) < 4.78 is 0. The summed E-state index contributed by atoms with van der Waals surface area (Å²) in [6.45, 7) is 9.48. The van der Waals surface area contributed by atoms with Crippen molar-refractivity contribution in [2.24, 2.45) is 5.92 Å². The normalized spacial score (nSPS) is 13.7. The second-order valence-electron chi connectivity index (χ2n) is 9.79. The van der Waals surface area contributed by atoms with E-state index in [1.54, 1.807) is 4.90 Å². The number of aryl methyl sites for hydroxylation is 1. The third-order valence-corrected chi connectivity index (χ3v) is 6.56. The van der Waals surface area contributed by atoms with Crippen molar-refractivity contribution < 1.29 is 9.59 Å². The molecule has 2 heterocycles. The lowest BCUT2D eigenvalue weighted by atomic mass is 10.1. The smallest absolute Gasteiger partial charge is 0.254 e. The van der Waals surface area contributed by atoms with Crippen LogP contribution in [0.15, 0.2) is 66.7 Å². The maximum absolute atomic E-state index is 13.2. The van der Waals surface area contributed by atoms with Crippen LogP contribution in [-0.2, 0) is 4.79 Å². The highest BCUT2D eigenvalue weighted by atomic mass is 16.2. The second-order valence-corrected chi connectivity index (χ2v) is 9.79. The summed E-state index contributed by atoms with van der Waals surface area (Å²) in [7, 11) is 0. The number of aromatic nitrogens is 2. The third kappa shape index (κ3) is 6.47. The van der Waals surface area contributed by atoms with Crippen molar-refractivity contribution in [2.45, 2.75) is 27.2 Å². The summed E-state index contributed by atoms with van der Waals surface area (Å²) in [4.78, 5) is 32.1. The molecule has 7 heteroatoms. The Morgan fingerprint density at radius 3 is 2.19 bits per heavy atom. The Balaban J connectivity index is 1.35. The molecule has 0 radical (unpaired) electrons. The van der Waals surface area contributed by atoms with Gasteiger partial charge in [-0.3, -0.25) is 9.59 Å². The first-order valence-electron chi connectivity index (χ1n) is 12.7. The third-order valence-electron chi connectivity index (χ3n) is 6.56. The average Bonchev–Trinajstić information content (AvgIpc) is 2.91. The summed E-state index contributed by atoms with van der Waals surface area (Å²) in [6, 6.07) is 21.5. The van der Waals surface area contributed by atoms with Gasteiger partial charge in [-0.2, -0.15) is 0 Å². The predicted molar refractivity (Wildman–Crippen MR) is 143 cm³/mol. The molecule has 0 atom stereocenters. The van der Waals surface area contributed by atoms with E-state index in [4.69, 9.17) is 0 Å². The molecule has 36 heavy (non-hydrogen) atoms. The van der Waals surface area contributed by atoms with Gasteiger partial charge in [0.15, 0.2) is 5.82 Å². The Morgan fingerprint density at radius 2 is 1.58 bits per heavy atom. The van der Waals surface area contributed by atoms with Crippen LogP contribution in [0.3, 0.4) is 0 Å². The van der Waals surface area contributed by atoms with Gasteiger partial charge >= 0.3 is 0 Å². The highest BCUT2D eigenvalue weighted by Gasteiger charge is 2.26. The Labute approximate surface area is 213 Å². The first-order valence-corrected chi connectivity index (χ1v) is 12.7. The van der Waals surface area contributed by atoms with Gasteiger partial charge in [-0.15, -0.1) is 10.2 Å². The van der Waals surface area contributed by atoms with Gasteiger partial charge in [0.1, 0.15) is 6.54 Å². The van der Waals surface area contributed by atoms with E-state index in [-0.39, 0.29) is 18.4 Å². The number of anilines is 1. The van der Waals surface area contributed by atoms with Crippen LogP contribution in [0.4, 0.5) is 5.82 Å². The van der Waals surface area contributed by atoms with Crippen molar-refractivity contribution in [1.29, 1.82) is 0 Å². The minimum Gasteiger partial charge on any atom is -0.352 e. The lowest BCUT2D eigenvalue weighted by Gasteiger charge is -2.36. The molecule has 1 fully saturated rings. The van der Waals surface area contributed by atoms with E-state index in [1.807, 2.05) is 78.6 Å². The van der Waals surface area contributed by atoms with Gasteiger partial charge in [-0.25, -0.2) is 0 Å². The molecule has 0 aliphatic carbocycles. The van der Waals surface area contributed by atoms with Crippen molar-refractivity contribution in [1.82, 2.24) is 20.0 Å². The van der Waals surface area contributed by atoms with Crippen molar-refractivity contribution in [2.75, 3.05) is 44.2 Å². The Bertz CT molecular complexity index is 1140. The number of carbonyl (C=O) groups excluding carboxylic acids is 2. The number of rotatable bonds is 8. The molecule has 7 nitrogen and oxygen atoms in total. The van der Waals surface area contributed by atoms with E-state index in [0.717, 1.165) is 29.1 Å². The van der Waals surface area contributed by atoms with Gasteiger partial charge in [0.2, 0.25) is 5.91 Å². The number of benzene rings is 2. The fourth-order valence-corrected chi connectivity index (χ4v) is 4.25. The van der Waals surface area contributed by atoms with Crippen molar-refractivity contribution in [3.63, 3.8) is 0 Å². The SMILES string of the molecule is Cc1ccc(C(=O)N(CCC(C)C)CC(=O)N2CCN(c3ccc(-c4ccccc4)nn3)CC2)cc1. The monoisotopic (exact) mass is 485 g/mol. The number of hydrogen-bond donors (Lipinski definition) is 0. The topological polar surface area (TPSA) is 69.6 Å². The minimum absolute atomic E-state index is 0.00984. The van der Waals surface area contributed by atoms with Gasteiger partial charge in [-0.05, 0) is 43.5 Å². The number of piperazine rings is 1. The molecule has 1 aliphatic rings. The molecule has 1 saturated heterocycles. The van der Waals surface area contributed by atoms with Gasteiger partial charge in [0.05, 0.1) is 5.69 Å². The lowest BCUT2D eigenvalue weighted by Crippen LogP contribution is -2.52. The zero-order chi connectivity index (χ0) is 25.5. The molecule has 1 aromatic heterocycles. The molecular formula is C29H35N5O2. The van der Waals surface area contributed by atoms with Gasteiger partial charge in [-0.1, -0.05) is 61.9 Å². The summed E-state index contributed by atoms with van der Waals surface area (Å²) in [6.07, 6.45) is 0.857. The fourth-order valence-electron chi connectivity index (χ4n) is 4.25. The van der Waals surface area contributed by atoms with Crippen LogP contribution in [0.2, 0.25) is 0 Å². The van der Waals surface area contributed by atoms with Gasteiger partial charge in [0, 0.05) is 43.9 Å².